The van der Waals surface area contributed by atoms with Crippen LogP contribution in [0, 0.1) is 0 Å². The summed E-state index contributed by atoms with van der Waals surface area (Å²) in [6.07, 6.45) is 6.51. The fourth-order valence-electron chi connectivity index (χ4n) is 1.50. The Labute approximate surface area is 93.2 Å². The van der Waals surface area contributed by atoms with Gasteiger partial charge in [-0.25, -0.2) is 0 Å². The zero-order valence-corrected chi connectivity index (χ0v) is 10.2. The Kier molecular flexibility index (Phi) is 4.19. The van der Waals surface area contributed by atoms with E-state index in [1.165, 1.54) is 12.8 Å². The first-order valence-corrected chi connectivity index (χ1v) is 5.74. The van der Waals surface area contributed by atoms with Crippen LogP contribution in [0.5, 0.6) is 0 Å². The molecule has 0 radical (unpaired) electrons. The van der Waals surface area contributed by atoms with Crippen LogP contribution in [-0.2, 0) is 11.8 Å². The molecule has 1 heterocycles. The lowest BCUT2D eigenvalue weighted by Gasteiger charge is -2.14. The Morgan fingerprint density at radius 2 is 2.00 bits per heavy atom. The van der Waals surface area contributed by atoms with Crippen molar-refractivity contribution < 1.29 is 4.42 Å². The second-order valence-electron chi connectivity index (χ2n) is 5.05. The molecule has 0 amide bonds. The summed E-state index contributed by atoms with van der Waals surface area (Å²) < 4.78 is 5.80. The van der Waals surface area contributed by atoms with Gasteiger partial charge in [0.05, 0.1) is 0 Å². The summed E-state index contributed by atoms with van der Waals surface area (Å²) in [5, 5.41) is 0. The molecule has 1 nitrogen and oxygen atoms in total. The summed E-state index contributed by atoms with van der Waals surface area (Å²) in [4.78, 5) is 0. The van der Waals surface area contributed by atoms with Crippen molar-refractivity contribution in [2.75, 3.05) is 0 Å². The summed E-state index contributed by atoms with van der Waals surface area (Å²) in [5.41, 5.74) is 0.124. The van der Waals surface area contributed by atoms with Gasteiger partial charge < -0.3 is 4.42 Å². The molecule has 0 aromatic carbocycles. The van der Waals surface area contributed by atoms with E-state index in [1.54, 1.807) is 0 Å². The Bertz CT molecular complexity index is 301. The Morgan fingerprint density at radius 3 is 2.53 bits per heavy atom. The lowest BCUT2D eigenvalue weighted by atomic mass is 9.94. The molecule has 0 unspecified atom stereocenters. The highest BCUT2D eigenvalue weighted by molar-refractivity contribution is 5.14. The van der Waals surface area contributed by atoms with Crippen LogP contribution < -0.4 is 0 Å². The number of aryl methyl sites for hydroxylation is 1. The molecule has 0 atom stereocenters. The van der Waals surface area contributed by atoms with Crippen molar-refractivity contribution in [1.29, 1.82) is 0 Å². The fourth-order valence-corrected chi connectivity index (χ4v) is 1.50. The Morgan fingerprint density at radius 1 is 1.27 bits per heavy atom. The minimum absolute atomic E-state index is 0.124. The van der Waals surface area contributed by atoms with Crippen LogP contribution in [0.15, 0.2) is 29.2 Å². The van der Waals surface area contributed by atoms with Crippen LogP contribution in [0.2, 0.25) is 0 Å². The smallest absolute Gasteiger partial charge is 0.109 e. The van der Waals surface area contributed by atoms with Crippen molar-refractivity contribution in [3.63, 3.8) is 0 Å². The lowest BCUT2D eigenvalue weighted by Crippen LogP contribution is -2.09. The number of hydrogen-bond acceptors (Lipinski definition) is 1. The van der Waals surface area contributed by atoms with Gasteiger partial charge in [-0.15, -0.1) is 6.58 Å². The maximum atomic E-state index is 5.80. The van der Waals surface area contributed by atoms with E-state index in [1.807, 2.05) is 6.08 Å². The SMILES string of the molecule is C=CCCCCc1ccc(C(C)(C)C)o1. The van der Waals surface area contributed by atoms with Crippen molar-refractivity contribution >= 4 is 0 Å². The highest BCUT2D eigenvalue weighted by Crippen LogP contribution is 2.24. The van der Waals surface area contributed by atoms with Crippen LogP contribution in [-0.4, -0.2) is 0 Å². The van der Waals surface area contributed by atoms with Crippen LogP contribution in [0.25, 0.3) is 0 Å². The molecular formula is C14H22O. The fraction of sp³-hybridized carbons (Fsp3) is 0.571. The van der Waals surface area contributed by atoms with E-state index in [2.05, 4.69) is 39.5 Å². The van der Waals surface area contributed by atoms with Gasteiger partial charge in [-0.2, -0.15) is 0 Å². The van der Waals surface area contributed by atoms with Gasteiger partial charge in [0.1, 0.15) is 11.5 Å². The average Bonchev–Trinajstić information content (AvgIpc) is 2.60. The van der Waals surface area contributed by atoms with E-state index in [4.69, 9.17) is 4.42 Å². The summed E-state index contributed by atoms with van der Waals surface area (Å²) in [5.74, 6) is 2.20. The predicted octanol–water partition coefficient (Wildman–Crippen LogP) is 4.48. The Hall–Kier alpha value is -0.980. The Balaban J connectivity index is 2.43. The van der Waals surface area contributed by atoms with E-state index in [0.717, 1.165) is 24.4 Å². The third-order valence-corrected chi connectivity index (χ3v) is 2.48. The van der Waals surface area contributed by atoms with Gasteiger partial charge in [-0.1, -0.05) is 26.8 Å². The highest BCUT2D eigenvalue weighted by Gasteiger charge is 2.17. The molecule has 0 spiro atoms. The molecule has 0 saturated heterocycles. The number of hydrogen-bond donors (Lipinski definition) is 0. The van der Waals surface area contributed by atoms with Crippen molar-refractivity contribution in [3.8, 4) is 0 Å². The van der Waals surface area contributed by atoms with Gasteiger partial charge in [0.25, 0.3) is 0 Å². The number of allylic oxidation sites excluding steroid dienone is 1. The first kappa shape index (κ1) is 12.1. The summed E-state index contributed by atoms with van der Waals surface area (Å²) in [6.45, 7) is 10.2. The van der Waals surface area contributed by atoms with E-state index in [9.17, 15) is 0 Å². The topological polar surface area (TPSA) is 13.1 Å². The highest BCUT2D eigenvalue weighted by atomic mass is 16.3. The van der Waals surface area contributed by atoms with Gasteiger partial charge in [0.15, 0.2) is 0 Å². The van der Waals surface area contributed by atoms with Crippen LogP contribution in [0.3, 0.4) is 0 Å². The normalized spacial score (nSPS) is 11.7. The van der Waals surface area contributed by atoms with Gasteiger partial charge >= 0.3 is 0 Å². The zero-order valence-electron chi connectivity index (χ0n) is 10.2. The van der Waals surface area contributed by atoms with Crippen molar-refractivity contribution in [1.82, 2.24) is 0 Å². The first-order valence-electron chi connectivity index (χ1n) is 5.74. The summed E-state index contributed by atoms with van der Waals surface area (Å²) in [6, 6.07) is 4.21. The standard InChI is InChI=1S/C14H22O/c1-5-6-7-8-9-12-10-11-13(15-12)14(2,3)4/h5,10-11H,1,6-9H2,2-4H3. The summed E-state index contributed by atoms with van der Waals surface area (Å²) in [7, 11) is 0. The van der Waals surface area contributed by atoms with Gasteiger partial charge in [0, 0.05) is 11.8 Å². The number of rotatable bonds is 5. The molecule has 1 aromatic rings. The van der Waals surface area contributed by atoms with Crippen LogP contribution in [0.1, 0.15) is 51.6 Å². The molecule has 84 valence electrons. The molecule has 0 N–H and O–H groups in total. The molecule has 1 heteroatoms. The molecule has 0 aliphatic heterocycles. The van der Waals surface area contributed by atoms with Crippen molar-refractivity contribution in [2.24, 2.45) is 0 Å². The van der Waals surface area contributed by atoms with E-state index in [-0.39, 0.29) is 5.41 Å². The molecule has 0 aliphatic rings. The molecule has 1 rings (SSSR count). The van der Waals surface area contributed by atoms with E-state index >= 15 is 0 Å². The van der Waals surface area contributed by atoms with E-state index < -0.39 is 0 Å². The molecule has 15 heavy (non-hydrogen) atoms. The molecule has 0 fully saturated rings. The average molecular weight is 206 g/mol. The molecule has 0 aliphatic carbocycles. The molecule has 0 saturated carbocycles. The molecular weight excluding hydrogens is 184 g/mol. The van der Waals surface area contributed by atoms with Crippen LogP contribution in [0.4, 0.5) is 0 Å². The minimum Gasteiger partial charge on any atom is -0.466 e. The maximum absolute atomic E-state index is 5.80. The van der Waals surface area contributed by atoms with E-state index in [0.29, 0.717) is 0 Å². The minimum atomic E-state index is 0.124. The second kappa shape index (κ2) is 5.20. The number of furan rings is 1. The van der Waals surface area contributed by atoms with Crippen LogP contribution >= 0.6 is 0 Å². The quantitative estimate of drug-likeness (QED) is 0.511. The third-order valence-electron chi connectivity index (χ3n) is 2.48. The van der Waals surface area contributed by atoms with Crippen molar-refractivity contribution in [2.45, 2.75) is 51.9 Å². The largest absolute Gasteiger partial charge is 0.466 e. The number of unbranched alkanes of at least 4 members (excludes halogenated alkanes) is 2. The first-order chi connectivity index (χ1) is 7.04. The monoisotopic (exact) mass is 206 g/mol. The zero-order chi connectivity index (χ0) is 11.3. The summed E-state index contributed by atoms with van der Waals surface area (Å²) >= 11 is 0. The molecule has 0 bridgehead atoms. The van der Waals surface area contributed by atoms with Gasteiger partial charge in [-0.3, -0.25) is 0 Å². The van der Waals surface area contributed by atoms with Crippen molar-refractivity contribution in [3.05, 3.63) is 36.3 Å². The third kappa shape index (κ3) is 3.94. The maximum Gasteiger partial charge on any atom is 0.109 e. The second-order valence-corrected chi connectivity index (χ2v) is 5.05. The van der Waals surface area contributed by atoms with Gasteiger partial charge in [-0.05, 0) is 31.4 Å². The van der Waals surface area contributed by atoms with Gasteiger partial charge in [0.2, 0.25) is 0 Å². The lowest BCUT2D eigenvalue weighted by molar-refractivity contribution is 0.383. The molecule has 1 aromatic heterocycles. The predicted molar refractivity (Wildman–Crippen MR) is 65.2 cm³/mol.